The highest BCUT2D eigenvalue weighted by atomic mass is 16.5. The monoisotopic (exact) mass is 660 g/mol. The highest BCUT2D eigenvalue weighted by Gasteiger charge is 2.30. The number of nitrogens with zero attached hydrogens (tertiary/aromatic N) is 4. The van der Waals surface area contributed by atoms with Gasteiger partial charge in [0.15, 0.2) is 0 Å². The zero-order valence-corrected chi connectivity index (χ0v) is 27.4. The summed E-state index contributed by atoms with van der Waals surface area (Å²) in [6, 6.07) is 28.8. The summed E-state index contributed by atoms with van der Waals surface area (Å²) in [6.45, 7) is 2.80. The minimum Gasteiger partial charge on any atom is -0.489 e. The van der Waals surface area contributed by atoms with Crippen molar-refractivity contribution in [2.24, 2.45) is 0 Å². The van der Waals surface area contributed by atoms with E-state index in [0.29, 0.717) is 24.6 Å². The molecule has 5 rings (SSSR count). The quantitative estimate of drug-likeness (QED) is 0.139. The van der Waals surface area contributed by atoms with Gasteiger partial charge in [0.2, 0.25) is 11.8 Å². The van der Waals surface area contributed by atoms with E-state index in [1.54, 1.807) is 23.5 Å². The predicted octanol–water partition coefficient (Wildman–Crippen LogP) is 5.69. The van der Waals surface area contributed by atoms with Crippen molar-refractivity contribution in [3.05, 3.63) is 144 Å². The average molecular weight is 661 g/mol. The second-order valence-corrected chi connectivity index (χ2v) is 11.4. The number of pyridine rings is 1. The van der Waals surface area contributed by atoms with Gasteiger partial charge >= 0.3 is 6.09 Å². The third kappa shape index (κ3) is 10.5. The largest absolute Gasteiger partial charge is 0.489 e. The number of benzene rings is 3. The minimum atomic E-state index is -1.05. The standard InChI is InChI=1S/C38H40N6O5/c1-2-21-44(33-11-7-4-8-12-33)36(45)25-43(24-29-13-15-34(16-14-29)48-26-31-17-19-39-20-18-31)37(46)35(22-32-23-40-28-41-32)42-38(47)49-27-30-9-5-3-6-10-30/h3-20,23,28,35H,2,21-22,24-27H2,1H3,(H,40,41)(H,42,47). The summed E-state index contributed by atoms with van der Waals surface area (Å²) in [7, 11) is 0. The van der Waals surface area contributed by atoms with E-state index in [0.717, 1.165) is 28.8 Å². The van der Waals surface area contributed by atoms with Crippen molar-refractivity contribution in [3.8, 4) is 5.75 Å². The van der Waals surface area contributed by atoms with Crippen LogP contribution in [0.1, 0.15) is 35.7 Å². The van der Waals surface area contributed by atoms with Crippen molar-refractivity contribution in [2.75, 3.05) is 18.0 Å². The number of hydrogen-bond acceptors (Lipinski definition) is 7. The van der Waals surface area contributed by atoms with Gasteiger partial charge in [0.1, 0.15) is 31.5 Å². The number of alkyl carbamates (subject to hydrolysis) is 1. The van der Waals surface area contributed by atoms with E-state index in [9.17, 15) is 14.4 Å². The number of ether oxygens (including phenoxy) is 2. The third-order valence-electron chi connectivity index (χ3n) is 7.69. The van der Waals surface area contributed by atoms with Gasteiger partial charge in [-0.1, -0.05) is 67.6 Å². The van der Waals surface area contributed by atoms with Crippen molar-refractivity contribution in [1.29, 1.82) is 0 Å². The summed E-state index contributed by atoms with van der Waals surface area (Å²) in [4.78, 5) is 55.6. The molecule has 3 amide bonds. The number of hydrogen-bond donors (Lipinski definition) is 2. The molecule has 0 aliphatic heterocycles. The summed E-state index contributed by atoms with van der Waals surface area (Å²) in [5, 5.41) is 2.74. The number of aromatic amines is 1. The van der Waals surface area contributed by atoms with Gasteiger partial charge in [-0.2, -0.15) is 0 Å². The number of carbonyl (C=O) groups excluding carboxylic acids is 3. The first-order chi connectivity index (χ1) is 24.0. The Bertz CT molecular complexity index is 1740. The summed E-state index contributed by atoms with van der Waals surface area (Å²) < 4.78 is 11.4. The minimum absolute atomic E-state index is 0.0402. The van der Waals surface area contributed by atoms with Gasteiger partial charge in [-0.05, 0) is 59.5 Å². The van der Waals surface area contributed by atoms with Crippen LogP contribution in [0.25, 0.3) is 0 Å². The van der Waals surface area contributed by atoms with Gasteiger partial charge in [-0.3, -0.25) is 14.6 Å². The average Bonchev–Trinajstić information content (AvgIpc) is 3.66. The molecule has 2 heterocycles. The second kappa shape index (κ2) is 17.8. The van der Waals surface area contributed by atoms with Gasteiger partial charge in [-0.15, -0.1) is 0 Å². The molecule has 1 unspecified atom stereocenters. The van der Waals surface area contributed by atoms with Crippen molar-refractivity contribution in [2.45, 2.75) is 45.6 Å². The molecule has 3 aromatic carbocycles. The summed E-state index contributed by atoms with van der Waals surface area (Å²) in [5.41, 5.74) is 3.97. The molecule has 252 valence electrons. The van der Waals surface area contributed by atoms with Gasteiger partial charge in [0, 0.05) is 49.5 Å². The van der Waals surface area contributed by atoms with Crippen molar-refractivity contribution < 1.29 is 23.9 Å². The highest BCUT2D eigenvalue weighted by Crippen LogP contribution is 2.19. The Balaban J connectivity index is 1.36. The smallest absolute Gasteiger partial charge is 0.408 e. The van der Waals surface area contributed by atoms with Crippen LogP contribution < -0.4 is 15.0 Å². The predicted molar refractivity (Wildman–Crippen MR) is 185 cm³/mol. The summed E-state index contributed by atoms with van der Waals surface area (Å²) in [6.07, 6.45) is 6.62. The van der Waals surface area contributed by atoms with E-state index in [-0.39, 0.29) is 32.0 Å². The number of para-hydroxylation sites is 1. The number of imidazole rings is 1. The molecule has 0 aliphatic rings. The maximum Gasteiger partial charge on any atom is 0.408 e. The molecule has 0 saturated heterocycles. The lowest BCUT2D eigenvalue weighted by atomic mass is 10.1. The molecule has 0 spiro atoms. The van der Waals surface area contributed by atoms with Crippen LogP contribution in [-0.4, -0.2) is 56.9 Å². The third-order valence-corrected chi connectivity index (χ3v) is 7.69. The lowest BCUT2D eigenvalue weighted by Crippen LogP contribution is -2.52. The van der Waals surface area contributed by atoms with Gasteiger partial charge in [0.05, 0.1) is 6.33 Å². The summed E-state index contributed by atoms with van der Waals surface area (Å²) in [5.74, 6) is -0.0274. The molecule has 11 heteroatoms. The molecular weight excluding hydrogens is 620 g/mol. The fourth-order valence-electron chi connectivity index (χ4n) is 5.19. The number of rotatable bonds is 16. The first kappa shape index (κ1) is 34.4. The molecular formula is C38H40N6O5. The first-order valence-electron chi connectivity index (χ1n) is 16.2. The Morgan fingerprint density at radius 3 is 2.18 bits per heavy atom. The second-order valence-electron chi connectivity index (χ2n) is 11.4. The number of anilines is 1. The lowest BCUT2D eigenvalue weighted by molar-refractivity contribution is -0.137. The molecule has 5 aromatic rings. The van der Waals surface area contributed by atoms with Crippen LogP contribution in [-0.2, 0) is 40.5 Å². The SMILES string of the molecule is CCCN(C(=O)CN(Cc1ccc(OCc2ccncc2)cc1)C(=O)C(Cc1cnc[nH]1)NC(=O)OCc1ccccc1)c1ccccc1. The number of H-pyrrole nitrogens is 1. The first-order valence-corrected chi connectivity index (χ1v) is 16.2. The van der Waals surface area contributed by atoms with Crippen LogP contribution in [0.3, 0.4) is 0 Å². The number of aromatic nitrogens is 3. The zero-order valence-electron chi connectivity index (χ0n) is 27.4. The van der Waals surface area contributed by atoms with Crippen LogP contribution in [0, 0.1) is 0 Å². The lowest BCUT2D eigenvalue weighted by Gasteiger charge is -2.30. The number of amides is 3. The van der Waals surface area contributed by atoms with Gasteiger partial charge in [-0.25, -0.2) is 9.78 Å². The molecule has 0 saturated carbocycles. The molecule has 0 radical (unpaired) electrons. The molecule has 0 bridgehead atoms. The Morgan fingerprint density at radius 2 is 1.51 bits per heavy atom. The summed E-state index contributed by atoms with van der Waals surface area (Å²) >= 11 is 0. The van der Waals surface area contributed by atoms with E-state index in [1.807, 2.05) is 104 Å². The molecule has 1 atom stereocenters. The van der Waals surface area contributed by atoms with E-state index in [2.05, 4.69) is 20.3 Å². The van der Waals surface area contributed by atoms with Crippen LogP contribution in [0.15, 0.2) is 122 Å². The maximum atomic E-state index is 14.4. The topological polar surface area (TPSA) is 130 Å². The molecule has 2 aromatic heterocycles. The Kier molecular flexibility index (Phi) is 12.5. The molecule has 11 nitrogen and oxygen atoms in total. The Morgan fingerprint density at radius 1 is 0.816 bits per heavy atom. The molecule has 0 fully saturated rings. The fourth-order valence-corrected chi connectivity index (χ4v) is 5.19. The van der Waals surface area contributed by atoms with E-state index in [4.69, 9.17) is 9.47 Å². The maximum absolute atomic E-state index is 14.4. The Hall–Kier alpha value is -5.97. The van der Waals surface area contributed by atoms with Crippen LogP contribution >= 0.6 is 0 Å². The van der Waals surface area contributed by atoms with Crippen molar-refractivity contribution in [3.63, 3.8) is 0 Å². The molecule has 2 N–H and O–H groups in total. The highest BCUT2D eigenvalue weighted by molar-refractivity contribution is 5.97. The zero-order chi connectivity index (χ0) is 34.3. The fraction of sp³-hybridized carbons (Fsp3) is 0.237. The van der Waals surface area contributed by atoms with Crippen LogP contribution in [0.2, 0.25) is 0 Å². The van der Waals surface area contributed by atoms with Crippen molar-refractivity contribution >= 4 is 23.6 Å². The van der Waals surface area contributed by atoms with Gasteiger partial charge < -0.3 is 29.6 Å². The van der Waals surface area contributed by atoms with E-state index < -0.39 is 18.0 Å². The Labute approximate surface area is 285 Å². The van der Waals surface area contributed by atoms with Crippen LogP contribution in [0.5, 0.6) is 5.75 Å². The molecule has 49 heavy (non-hydrogen) atoms. The molecule has 0 aliphatic carbocycles. The van der Waals surface area contributed by atoms with E-state index >= 15 is 0 Å². The van der Waals surface area contributed by atoms with Crippen molar-refractivity contribution in [1.82, 2.24) is 25.2 Å². The van der Waals surface area contributed by atoms with Crippen LogP contribution in [0.4, 0.5) is 10.5 Å². The van der Waals surface area contributed by atoms with Gasteiger partial charge in [0.25, 0.3) is 0 Å². The number of carbonyl (C=O) groups is 3. The van der Waals surface area contributed by atoms with E-state index in [1.165, 1.54) is 11.2 Å². The normalized spacial score (nSPS) is 11.3. The number of nitrogens with one attached hydrogen (secondary N) is 2.